The van der Waals surface area contributed by atoms with Gasteiger partial charge in [0.15, 0.2) is 0 Å². The summed E-state index contributed by atoms with van der Waals surface area (Å²) in [5.74, 6) is -4.99. The molecule has 5 aliphatic rings. The summed E-state index contributed by atoms with van der Waals surface area (Å²) < 4.78 is 68.0. The lowest BCUT2D eigenvalue weighted by atomic mass is 9.91. The zero-order chi connectivity index (χ0) is 39.7. The number of ether oxygens (including phenoxy) is 2. The van der Waals surface area contributed by atoms with Crippen LogP contribution in [0, 0.1) is 23.6 Å². The fourth-order valence-electron chi connectivity index (χ4n) is 7.62. The van der Waals surface area contributed by atoms with E-state index in [0.29, 0.717) is 25.7 Å². The number of amides is 5. The second-order valence-electron chi connectivity index (χ2n) is 15.8. The summed E-state index contributed by atoms with van der Waals surface area (Å²) in [5.41, 5.74) is -2.60. The summed E-state index contributed by atoms with van der Waals surface area (Å²) in [4.78, 5) is 70.9. The standard InChI is InChI=1S/C38H47F2N5O9S/c1-37(2,3)54-35(49)41-30-16-8-6-4-5-7-12-24-19-38(24,34(48)43-55(51,52)27-14-10-13-25(39)17-27)42-32(46)31-18-26(21-45(31)33(30)47)53-36(50)44-20-23-11-9-15-29(40)28(23)22-44/h7,9-15,17,23-24,26,28,30-31H,4-6,8,16,18-22H2,1-3H3,(H,41,49)(H,42,46)(H,43,48)/b12-7-/t23?,24-,26-,28?,30+,31+,38-/m1/s1. The van der Waals surface area contributed by atoms with E-state index in [2.05, 4.69) is 10.6 Å². The molecular formula is C38H47F2N5O9S. The Morgan fingerprint density at radius 1 is 1.04 bits per heavy atom. The summed E-state index contributed by atoms with van der Waals surface area (Å²) in [7, 11) is -4.55. The molecular weight excluding hydrogens is 741 g/mol. The van der Waals surface area contributed by atoms with Crippen LogP contribution in [-0.4, -0.2) is 97.1 Å². The molecule has 6 rings (SSSR count). The van der Waals surface area contributed by atoms with Crippen molar-refractivity contribution < 1.29 is 50.6 Å². The molecule has 3 aliphatic heterocycles. The maximum absolute atomic E-state index is 14.5. The third-order valence-electron chi connectivity index (χ3n) is 10.5. The summed E-state index contributed by atoms with van der Waals surface area (Å²) in [6.45, 7) is 5.09. The van der Waals surface area contributed by atoms with Gasteiger partial charge in [-0.15, -0.1) is 0 Å². The lowest BCUT2D eigenvalue weighted by Gasteiger charge is -2.30. The summed E-state index contributed by atoms with van der Waals surface area (Å²) in [6, 6.07) is 1.70. The first-order valence-corrected chi connectivity index (χ1v) is 20.0. The molecule has 7 atom stereocenters. The van der Waals surface area contributed by atoms with Gasteiger partial charge in [-0.1, -0.05) is 43.2 Å². The van der Waals surface area contributed by atoms with E-state index in [4.69, 9.17) is 9.47 Å². The third kappa shape index (κ3) is 9.19. The molecule has 0 aromatic heterocycles. The summed E-state index contributed by atoms with van der Waals surface area (Å²) in [6.07, 6.45) is 8.37. The van der Waals surface area contributed by atoms with Crippen molar-refractivity contribution in [2.75, 3.05) is 19.6 Å². The zero-order valence-corrected chi connectivity index (χ0v) is 31.8. The number of nitrogens with one attached hydrogen (secondary N) is 3. The number of hydrogen-bond donors (Lipinski definition) is 3. The highest BCUT2D eigenvalue weighted by Crippen LogP contribution is 2.46. The van der Waals surface area contributed by atoms with Crippen LogP contribution in [0.5, 0.6) is 0 Å². The number of carbonyl (C=O) groups excluding carboxylic acids is 5. The van der Waals surface area contributed by atoms with Crippen LogP contribution in [0.15, 0.2) is 65.4 Å². The van der Waals surface area contributed by atoms with Crippen molar-refractivity contribution in [1.82, 2.24) is 25.2 Å². The second kappa shape index (κ2) is 15.7. The van der Waals surface area contributed by atoms with E-state index >= 15 is 0 Å². The zero-order valence-electron chi connectivity index (χ0n) is 31.0. The molecule has 298 valence electrons. The number of nitrogens with zero attached hydrogens (tertiary/aromatic N) is 2. The molecule has 0 radical (unpaired) electrons. The van der Waals surface area contributed by atoms with Gasteiger partial charge in [-0.05, 0) is 70.7 Å². The van der Waals surface area contributed by atoms with Gasteiger partial charge in [0.25, 0.3) is 15.9 Å². The molecule has 2 saturated heterocycles. The monoisotopic (exact) mass is 787 g/mol. The molecule has 14 nitrogen and oxygen atoms in total. The number of likely N-dealkylation sites (tertiary alicyclic amines) is 1. The van der Waals surface area contributed by atoms with Crippen LogP contribution in [0.2, 0.25) is 0 Å². The Kier molecular flexibility index (Phi) is 11.4. The van der Waals surface area contributed by atoms with Crippen molar-refractivity contribution in [2.24, 2.45) is 17.8 Å². The van der Waals surface area contributed by atoms with Crippen LogP contribution in [0.3, 0.4) is 0 Å². The van der Waals surface area contributed by atoms with Gasteiger partial charge in [0.05, 0.1) is 11.4 Å². The number of carbonyl (C=O) groups is 5. The predicted molar refractivity (Wildman–Crippen MR) is 193 cm³/mol. The fourth-order valence-corrected chi connectivity index (χ4v) is 8.69. The summed E-state index contributed by atoms with van der Waals surface area (Å²) >= 11 is 0. The SMILES string of the molecule is CC(C)(C)OC(=O)N[C@H]1CCCCC/C=C\[C@@H]2C[C@@]2(C(=O)NS(=O)(=O)c2cccc(F)c2)NC(=O)[C@@H]2C[C@@H](OC(=O)N3CC4C=CC=C(F)C4C3)CN2C1=O. The number of alkyl carbamates (subject to hydrolysis) is 1. The smallest absolute Gasteiger partial charge is 0.410 e. The van der Waals surface area contributed by atoms with Gasteiger partial charge < -0.3 is 29.9 Å². The van der Waals surface area contributed by atoms with Crippen molar-refractivity contribution in [3.8, 4) is 0 Å². The number of allylic oxidation sites excluding steroid dienone is 3. The molecule has 3 fully saturated rings. The molecule has 0 bridgehead atoms. The van der Waals surface area contributed by atoms with Crippen molar-refractivity contribution >= 4 is 39.9 Å². The Morgan fingerprint density at radius 3 is 2.55 bits per heavy atom. The maximum Gasteiger partial charge on any atom is 0.410 e. The van der Waals surface area contributed by atoms with Crippen LogP contribution in [0.25, 0.3) is 0 Å². The largest absolute Gasteiger partial charge is 0.444 e. The minimum Gasteiger partial charge on any atom is -0.444 e. The molecule has 3 N–H and O–H groups in total. The van der Waals surface area contributed by atoms with E-state index in [1.54, 1.807) is 32.9 Å². The average Bonchev–Trinajstić information content (AvgIpc) is 3.40. The quantitative estimate of drug-likeness (QED) is 0.372. The number of hydrogen-bond acceptors (Lipinski definition) is 9. The Bertz CT molecular complexity index is 1910. The van der Waals surface area contributed by atoms with Crippen LogP contribution >= 0.6 is 0 Å². The highest BCUT2D eigenvalue weighted by atomic mass is 32.2. The van der Waals surface area contributed by atoms with E-state index in [-0.39, 0.29) is 50.6 Å². The van der Waals surface area contributed by atoms with Gasteiger partial charge in [-0.25, -0.2) is 31.5 Å². The Hall–Kier alpha value is -4.80. The van der Waals surface area contributed by atoms with Gasteiger partial charge in [-0.3, -0.25) is 14.4 Å². The lowest BCUT2D eigenvalue weighted by molar-refractivity contribution is -0.141. The molecule has 1 aromatic carbocycles. The van der Waals surface area contributed by atoms with E-state index in [1.807, 2.05) is 16.9 Å². The van der Waals surface area contributed by atoms with Crippen LogP contribution in [-0.2, 0) is 33.9 Å². The molecule has 1 aromatic rings. The van der Waals surface area contributed by atoms with Gasteiger partial charge in [-0.2, -0.15) is 0 Å². The second-order valence-corrected chi connectivity index (χ2v) is 17.5. The lowest BCUT2D eigenvalue weighted by Crippen LogP contribution is -2.58. The van der Waals surface area contributed by atoms with Crippen molar-refractivity contribution in [1.29, 1.82) is 0 Å². The number of sulfonamides is 1. The fraction of sp³-hybridized carbons (Fsp3) is 0.553. The van der Waals surface area contributed by atoms with Crippen molar-refractivity contribution in [2.45, 2.75) is 99.9 Å². The van der Waals surface area contributed by atoms with E-state index < -0.39 is 91.8 Å². The first kappa shape index (κ1) is 39.9. The van der Waals surface area contributed by atoms with E-state index in [9.17, 15) is 41.2 Å². The van der Waals surface area contributed by atoms with Gasteiger partial charge in [0.2, 0.25) is 11.8 Å². The van der Waals surface area contributed by atoms with E-state index in [1.165, 1.54) is 21.9 Å². The van der Waals surface area contributed by atoms with E-state index in [0.717, 1.165) is 18.2 Å². The van der Waals surface area contributed by atoms with Crippen molar-refractivity contribution in [3.63, 3.8) is 0 Å². The van der Waals surface area contributed by atoms with Crippen LogP contribution < -0.4 is 15.4 Å². The summed E-state index contributed by atoms with van der Waals surface area (Å²) in [5, 5.41) is 5.36. The van der Waals surface area contributed by atoms with Crippen molar-refractivity contribution in [3.05, 3.63) is 66.3 Å². The highest BCUT2D eigenvalue weighted by molar-refractivity contribution is 7.90. The molecule has 2 aliphatic carbocycles. The molecule has 55 heavy (non-hydrogen) atoms. The Balaban J connectivity index is 1.26. The minimum atomic E-state index is -4.55. The number of fused-ring (bicyclic) bond motifs is 3. The molecule has 17 heteroatoms. The van der Waals surface area contributed by atoms with Gasteiger partial charge >= 0.3 is 12.2 Å². The maximum atomic E-state index is 14.5. The topological polar surface area (TPSA) is 181 Å². The van der Waals surface area contributed by atoms with Gasteiger partial charge in [0, 0.05) is 37.3 Å². The van der Waals surface area contributed by atoms with Crippen LogP contribution in [0.4, 0.5) is 18.4 Å². The third-order valence-corrected chi connectivity index (χ3v) is 11.9. The first-order chi connectivity index (χ1) is 26.0. The Labute approximate surface area is 318 Å². The molecule has 0 spiro atoms. The molecule has 3 heterocycles. The van der Waals surface area contributed by atoms with Gasteiger partial charge in [0.1, 0.15) is 41.0 Å². The number of halogens is 2. The number of rotatable bonds is 5. The number of benzene rings is 1. The molecule has 2 unspecified atom stereocenters. The predicted octanol–water partition coefficient (Wildman–Crippen LogP) is 4.00. The minimum absolute atomic E-state index is 0.0401. The average molecular weight is 788 g/mol. The normalized spacial score (nSPS) is 30.3. The first-order valence-electron chi connectivity index (χ1n) is 18.6. The highest BCUT2D eigenvalue weighted by Gasteiger charge is 2.62. The molecule has 1 saturated carbocycles. The Morgan fingerprint density at radius 2 is 1.82 bits per heavy atom. The van der Waals surface area contributed by atoms with Crippen LogP contribution in [0.1, 0.15) is 65.7 Å². The molecule has 5 amide bonds.